The predicted molar refractivity (Wildman–Crippen MR) is 75.4 cm³/mol. The SMILES string of the molecule is CCCOc1ccccc1OCC(C)CNCC. The monoisotopic (exact) mass is 251 g/mol. The van der Waals surface area contributed by atoms with Gasteiger partial charge in [-0.15, -0.1) is 0 Å². The van der Waals surface area contributed by atoms with Crippen molar-refractivity contribution in [2.24, 2.45) is 5.92 Å². The van der Waals surface area contributed by atoms with Crippen LogP contribution in [0.5, 0.6) is 11.5 Å². The smallest absolute Gasteiger partial charge is 0.161 e. The molecule has 102 valence electrons. The van der Waals surface area contributed by atoms with Crippen LogP contribution in [0.1, 0.15) is 27.2 Å². The molecule has 0 saturated heterocycles. The lowest BCUT2D eigenvalue weighted by atomic mass is 10.2. The van der Waals surface area contributed by atoms with Crippen molar-refractivity contribution in [3.63, 3.8) is 0 Å². The van der Waals surface area contributed by atoms with E-state index in [1.165, 1.54) is 0 Å². The Morgan fingerprint density at radius 1 is 1.11 bits per heavy atom. The molecule has 0 radical (unpaired) electrons. The number of benzene rings is 1. The normalized spacial score (nSPS) is 12.2. The zero-order valence-corrected chi connectivity index (χ0v) is 11.7. The van der Waals surface area contributed by atoms with Crippen LogP contribution in [0.2, 0.25) is 0 Å². The second-order valence-corrected chi connectivity index (χ2v) is 4.52. The summed E-state index contributed by atoms with van der Waals surface area (Å²) in [5.74, 6) is 2.17. The summed E-state index contributed by atoms with van der Waals surface area (Å²) in [7, 11) is 0. The van der Waals surface area contributed by atoms with Gasteiger partial charge in [0.25, 0.3) is 0 Å². The van der Waals surface area contributed by atoms with E-state index >= 15 is 0 Å². The summed E-state index contributed by atoms with van der Waals surface area (Å²) in [6, 6.07) is 7.87. The molecule has 0 saturated carbocycles. The Bertz CT molecular complexity index is 328. The minimum Gasteiger partial charge on any atom is -0.490 e. The quantitative estimate of drug-likeness (QED) is 0.731. The minimum atomic E-state index is 0.490. The van der Waals surface area contributed by atoms with E-state index in [4.69, 9.17) is 9.47 Å². The van der Waals surface area contributed by atoms with Gasteiger partial charge in [-0.05, 0) is 25.1 Å². The summed E-state index contributed by atoms with van der Waals surface area (Å²) in [4.78, 5) is 0. The zero-order valence-electron chi connectivity index (χ0n) is 11.7. The highest BCUT2D eigenvalue weighted by Gasteiger charge is 2.06. The number of hydrogen-bond acceptors (Lipinski definition) is 3. The molecule has 0 fully saturated rings. The Kier molecular flexibility index (Phi) is 7.26. The van der Waals surface area contributed by atoms with Gasteiger partial charge >= 0.3 is 0 Å². The van der Waals surface area contributed by atoms with E-state index in [0.29, 0.717) is 12.5 Å². The Hall–Kier alpha value is -1.22. The van der Waals surface area contributed by atoms with Crippen molar-refractivity contribution < 1.29 is 9.47 Å². The molecule has 0 aliphatic carbocycles. The van der Waals surface area contributed by atoms with E-state index < -0.39 is 0 Å². The zero-order chi connectivity index (χ0) is 13.2. The first-order valence-electron chi connectivity index (χ1n) is 6.83. The third-order valence-electron chi connectivity index (χ3n) is 2.58. The third kappa shape index (κ3) is 5.41. The van der Waals surface area contributed by atoms with E-state index in [-0.39, 0.29) is 0 Å². The lowest BCUT2D eigenvalue weighted by Crippen LogP contribution is -2.24. The molecule has 0 bridgehead atoms. The van der Waals surface area contributed by atoms with Gasteiger partial charge in [0, 0.05) is 12.5 Å². The van der Waals surface area contributed by atoms with Gasteiger partial charge in [-0.25, -0.2) is 0 Å². The Morgan fingerprint density at radius 3 is 2.39 bits per heavy atom. The highest BCUT2D eigenvalue weighted by atomic mass is 16.5. The molecule has 1 atom stereocenters. The van der Waals surface area contributed by atoms with Gasteiger partial charge in [0.15, 0.2) is 11.5 Å². The van der Waals surface area contributed by atoms with Crippen molar-refractivity contribution >= 4 is 0 Å². The van der Waals surface area contributed by atoms with Crippen molar-refractivity contribution in [3.05, 3.63) is 24.3 Å². The van der Waals surface area contributed by atoms with Crippen molar-refractivity contribution in [2.75, 3.05) is 26.3 Å². The fraction of sp³-hybridized carbons (Fsp3) is 0.600. The second kappa shape index (κ2) is 8.81. The molecule has 1 aromatic carbocycles. The molecule has 3 heteroatoms. The minimum absolute atomic E-state index is 0.490. The molecule has 0 aliphatic heterocycles. The maximum Gasteiger partial charge on any atom is 0.161 e. The second-order valence-electron chi connectivity index (χ2n) is 4.52. The molecule has 0 amide bonds. The molecule has 1 unspecified atom stereocenters. The van der Waals surface area contributed by atoms with Crippen LogP contribution in [0, 0.1) is 5.92 Å². The summed E-state index contributed by atoms with van der Waals surface area (Å²) in [6.07, 6.45) is 1.01. The van der Waals surface area contributed by atoms with Gasteiger partial charge in [-0.2, -0.15) is 0 Å². The van der Waals surface area contributed by atoms with Crippen molar-refractivity contribution in [1.29, 1.82) is 0 Å². The topological polar surface area (TPSA) is 30.5 Å². The predicted octanol–water partition coefficient (Wildman–Crippen LogP) is 3.10. The van der Waals surface area contributed by atoms with Crippen LogP contribution in [-0.2, 0) is 0 Å². The standard InChI is InChI=1S/C15H25NO2/c1-4-10-17-14-8-6-7-9-15(14)18-12-13(3)11-16-5-2/h6-9,13,16H,4-5,10-12H2,1-3H3. The number of rotatable bonds is 9. The maximum atomic E-state index is 5.83. The van der Waals surface area contributed by atoms with Gasteiger partial charge in [0.2, 0.25) is 0 Å². The molecule has 1 N–H and O–H groups in total. The highest BCUT2D eigenvalue weighted by Crippen LogP contribution is 2.26. The fourth-order valence-electron chi connectivity index (χ4n) is 1.58. The molecule has 1 rings (SSSR count). The average molecular weight is 251 g/mol. The van der Waals surface area contributed by atoms with Gasteiger partial charge < -0.3 is 14.8 Å². The Labute approximate surface area is 110 Å². The van der Waals surface area contributed by atoms with Gasteiger partial charge in [-0.1, -0.05) is 32.9 Å². The molecule has 0 aromatic heterocycles. The van der Waals surface area contributed by atoms with E-state index in [9.17, 15) is 0 Å². The highest BCUT2D eigenvalue weighted by molar-refractivity contribution is 5.39. The van der Waals surface area contributed by atoms with Gasteiger partial charge in [0.1, 0.15) is 0 Å². The molecule has 1 aromatic rings. The molecule has 3 nitrogen and oxygen atoms in total. The molecule has 0 spiro atoms. The van der Waals surface area contributed by atoms with Crippen LogP contribution < -0.4 is 14.8 Å². The van der Waals surface area contributed by atoms with Gasteiger partial charge in [0.05, 0.1) is 13.2 Å². The first-order valence-corrected chi connectivity index (χ1v) is 6.83. The Morgan fingerprint density at radius 2 is 1.78 bits per heavy atom. The molecule has 0 heterocycles. The number of ether oxygens (including phenoxy) is 2. The van der Waals surface area contributed by atoms with Gasteiger partial charge in [-0.3, -0.25) is 0 Å². The summed E-state index contributed by atoms with van der Waals surface area (Å²) in [5, 5.41) is 3.32. The first-order chi connectivity index (χ1) is 8.77. The van der Waals surface area contributed by atoms with Crippen molar-refractivity contribution in [1.82, 2.24) is 5.32 Å². The molecule has 0 aliphatic rings. The molecule has 18 heavy (non-hydrogen) atoms. The summed E-state index contributed by atoms with van der Waals surface area (Å²) in [5.41, 5.74) is 0. The fourth-order valence-corrected chi connectivity index (χ4v) is 1.58. The molecular weight excluding hydrogens is 226 g/mol. The van der Waals surface area contributed by atoms with Crippen LogP contribution in [0.3, 0.4) is 0 Å². The van der Waals surface area contributed by atoms with Crippen LogP contribution in [0.4, 0.5) is 0 Å². The lowest BCUT2D eigenvalue weighted by Gasteiger charge is -2.16. The first kappa shape index (κ1) is 14.8. The number of nitrogens with one attached hydrogen (secondary N) is 1. The maximum absolute atomic E-state index is 5.83. The summed E-state index contributed by atoms with van der Waals surface area (Å²) < 4.78 is 11.5. The van der Waals surface area contributed by atoms with E-state index in [0.717, 1.165) is 37.6 Å². The van der Waals surface area contributed by atoms with Crippen molar-refractivity contribution in [3.8, 4) is 11.5 Å². The van der Waals surface area contributed by atoms with E-state index in [1.54, 1.807) is 0 Å². The van der Waals surface area contributed by atoms with E-state index in [2.05, 4.69) is 26.1 Å². The third-order valence-corrected chi connectivity index (χ3v) is 2.58. The van der Waals surface area contributed by atoms with Crippen LogP contribution >= 0.6 is 0 Å². The lowest BCUT2D eigenvalue weighted by molar-refractivity contribution is 0.234. The van der Waals surface area contributed by atoms with Crippen LogP contribution in [0.25, 0.3) is 0 Å². The Balaban J connectivity index is 2.45. The number of para-hydroxylation sites is 2. The summed E-state index contributed by atoms with van der Waals surface area (Å²) >= 11 is 0. The largest absolute Gasteiger partial charge is 0.490 e. The number of hydrogen-bond donors (Lipinski definition) is 1. The van der Waals surface area contributed by atoms with Crippen LogP contribution in [-0.4, -0.2) is 26.3 Å². The van der Waals surface area contributed by atoms with Crippen LogP contribution in [0.15, 0.2) is 24.3 Å². The molecular formula is C15H25NO2. The van der Waals surface area contributed by atoms with E-state index in [1.807, 2.05) is 24.3 Å². The summed E-state index contributed by atoms with van der Waals surface area (Å²) in [6.45, 7) is 9.81. The van der Waals surface area contributed by atoms with Crippen molar-refractivity contribution in [2.45, 2.75) is 27.2 Å². The average Bonchev–Trinajstić information content (AvgIpc) is 2.41.